The first-order valence-corrected chi connectivity index (χ1v) is 6.53. The number of rotatable bonds is 5. The predicted octanol–water partition coefficient (Wildman–Crippen LogP) is 2.96. The van der Waals surface area contributed by atoms with Gasteiger partial charge in [0, 0.05) is 12.2 Å². The molecule has 0 radical (unpaired) electrons. The zero-order valence-corrected chi connectivity index (χ0v) is 10.5. The van der Waals surface area contributed by atoms with Gasteiger partial charge in [0.05, 0.1) is 11.3 Å². The van der Waals surface area contributed by atoms with Crippen LogP contribution in [0.5, 0.6) is 0 Å². The summed E-state index contributed by atoms with van der Waals surface area (Å²) >= 11 is 0. The van der Waals surface area contributed by atoms with Gasteiger partial charge in [-0.2, -0.15) is 0 Å². The number of aromatic carboxylic acids is 1. The Morgan fingerprint density at radius 1 is 1.39 bits per heavy atom. The van der Waals surface area contributed by atoms with E-state index in [0.717, 1.165) is 18.9 Å². The molecule has 1 aromatic rings. The molecule has 0 heterocycles. The SMILES string of the molecule is Nc1ccc(C(=O)O)c(NCCC2CCCC2)c1. The monoisotopic (exact) mass is 248 g/mol. The van der Waals surface area contributed by atoms with Gasteiger partial charge in [0.2, 0.25) is 0 Å². The molecule has 4 nitrogen and oxygen atoms in total. The first-order chi connectivity index (χ1) is 8.66. The molecule has 1 aromatic carbocycles. The summed E-state index contributed by atoms with van der Waals surface area (Å²) in [6.45, 7) is 0.814. The molecule has 2 rings (SSSR count). The summed E-state index contributed by atoms with van der Waals surface area (Å²) in [5.41, 5.74) is 7.19. The van der Waals surface area contributed by atoms with Crippen LogP contribution >= 0.6 is 0 Å². The van der Waals surface area contributed by atoms with E-state index in [9.17, 15) is 4.79 Å². The maximum absolute atomic E-state index is 11.1. The highest BCUT2D eigenvalue weighted by molar-refractivity contribution is 5.95. The van der Waals surface area contributed by atoms with Gasteiger partial charge < -0.3 is 16.2 Å². The molecule has 0 amide bonds. The number of carbonyl (C=O) groups is 1. The Kier molecular flexibility index (Phi) is 4.07. The third-order valence-electron chi connectivity index (χ3n) is 3.62. The van der Waals surface area contributed by atoms with Crippen LogP contribution in [0.2, 0.25) is 0 Å². The number of carboxylic acids is 1. The summed E-state index contributed by atoms with van der Waals surface area (Å²) in [6.07, 6.45) is 6.40. The van der Waals surface area contributed by atoms with Crippen molar-refractivity contribution in [2.24, 2.45) is 5.92 Å². The van der Waals surface area contributed by atoms with Crippen LogP contribution in [0.4, 0.5) is 11.4 Å². The summed E-state index contributed by atoms with van der Waals surface area (Å²) in [6, 6.07) is 4.86. The Labute approximate surface area is 107 Å². The van der Waals surface area contributed by atoms with Crippen LogP contribution in [-0.2, 0) is 0 Å². The molecule has 0 unspecified atom stereocenters. The zero-order chi connectivity index (χ0) is 13.0. The fourth-order valence-corrected chi connectivity index (χ4v) is 2.60. The van der Waals surface area contributed by atoms with Gasteiger partial charge in [0.25, 0.3) is 0 Å². The minimum absolute atomic E-state index is 0.288. The Morgan fingerprint density at radius 3 is 2.78 bits per heavy atom. The Morgan fingerprint density at radius 2 is 2.11 bits per heavy atom. The van der Waals surface area contributed by atoms with Gasteiger partial charge in [-0.3, -0.25) is 0 Å². The second kappa shape index (κ2) is 5.76. The van der Waals surface area contributed by atoms with Crippen LogP contribution in [0.1, 0.15) is 42.5 Å². The zero-order valence-electron chi connectivity index (χ0n) is 10.5. The summed E-state index contributed by atoms with van der Waals surface area (Å²) in [7, 11) is 0. The lowest BCUT2D eigenvalue weighted by atomic mass is 10.0. The van der Waals surface area contributed by atoms with Crippen molar-refractivity contribution < 1.29 is 9.90 Å². The Hall–Kier alpha value is -1.71. The van der Waals surface area contributed by atoms with E-state index < -0.39 is 5.97 Å². The van der Waals surface area contributed by atoms with Crippen LogP contribution in [0.15, 0.2) is 18.2 Å². The highest BCUT2D eigenvalue weighted by Crippen LogP contribution is 2.27. The lowest BCUT2D eigenvalue weighted by Crippen LogP contribution is -2.10. The fraction of sp³-hybridized carbons (Fsp3) is 0.500. The largest absolute Gasteiger partial charge is 0.478 e. The number of nitrogens with two attached hydrogens (primary N) is 1. The lowest BCUT2D eigenvalue weighted by Gasteiger charge is -2.13. The van der Waals surface area contributed by atoms with Crippen LogP contribution in [0.25, 0.3) is 0 Å². The summed E-state index contributed by atoms with van der Waals surface area (Å²) in [5, 5.41) is 12.3. The van der Waals surface area contributed by atoms with E-state index in [4.69, 9.17) is 10.8 Å². The smallest absolute Gasteiger partial charge is 0.337 e. The molecule has 98 valence electrons. The molecule has 1 aliphatic carbocycles. The average molecular weight is 248 g/mol. The lowest BCUT2D eigenvalue weighted by molar-refractivity contribution is 0.0698. The predicted molar refractivity (Wildman–Crippen MR) is 72.9 cm³/mol. The molecule has 0 aromatic heterocycles. The van der Waals surface area contributed by atoms with Crippen molar-refractivity contribution in [2.75, 3.05) is 17.6 Å². The first kappa shape index (κ1) is 12.7. The van der Waals surface area contributed by atoms with Crippen molar-refractivity contribution in [3.63, 3.8) is 0 Å². The molecule has 4 heteroatoms. The number of benzene rings is 1. The van der Waals surface area contributed by atoms with Crippen LogP contribution in [0.3, 0.4) is 0 Å². The molecule has 0 aliphatic heterocycles. The van der Waals surface area contributed by atoms with E-state index in [1.165, 1.54) is 25.7 Å². The van der Waals surface area contributed by atoms with E-state index in [1.54, 1.807) is 18.2 Å². The third-order valence-corrected chi connectivity index (χ3v) is 3.62. The van der Waals surface area contributed by atoms with Gasteiger partial charge in [0.1, 0.15) is 0 Å². The molecule has 0 bridgehead atoms. The number of nitrogens with one attached hydrogen (secondary N) is 1. The second-order valence-corrected chi connectivity index (χ2v) is 4.98. The molecule has 0 spiro atoms. The van der Waals surface area contributed by atoms with Gasteiger partial charge in [-0.15, -0.1) is 0 Å². The van der Waals surface area contributed by atoms with E-state index in [2.05, 4.69) is 5.32 Å². The molecule has 1 saturated carbocycles. The van der Waals surface area contributed by atoms with E-state index in [-0.39, 0.29) is 5.56 Å². The van der Waals surface area contributed by atoms with E-state index in [0.29, 0.717) is 11.4 Å². The molecule has 1 aliphatic rings. The minimum atomic E-state index is -0.918. The highest BCUT2D eigenvalue weighted by Gasteiger charge is 2.15. The van der Waals surface area contributed by atoms with Crippen molar-refractivity contribution in [3.05, 3.63) is 23.8 Å². The standard InChI is InChI=1S/C14H20N2O2/c15-11-5-6-12(14(17)18)13(9-11)16-8-7-10-3-1-2-4-10/h5-6,9-10,16H,1-4,7-8,15H2,(H,17,18). The number of nitrogen functional groups attached to an aromatic ring is 1. The molecule has 4 N–H and O–H groups in total. The quantitative estimate of drug-likeness (QED) is 0.700. The number of carboxylic acid groups (broad SMARTS) is 1. The Balaban J connectivity index is 1.94. The van der Waals surface area contributed by atoms with Gasteiger partial charge >= 0.3 is 5.97 Å². The fourth-order valence-electron chi connectivity index (χ4n) is 2.60. The van der Waals surface area contributed by atoms with Crippen molar-refractivity contribution in [2.45, 2.75) is 32.1 Å². The van der Waals surface area contributed by atoms with Gasteiger partial charge in [-0.05, 0) is 30.5 Å². The average Bonchev–Trinajstić information content (AvgIpc) is 2.82. The van der Waals surface area contributed by atoms with Gasteiger partial charge in [-0.1, -0.05) is 25.7 Å². The minimum Gasteiger partial charge on any atom is -0.478 e. The molecular formula is C14H20N2O2. The highest BCUT2D eigenvalue weighted by atomic mass is 16.4. The third kappa shape index (κ3) is 3.15. The maximum Gasteiger partial charge on any atom is 0.337 e. The van der Waals surface area contributed by atoms with Crippen LogP contribution in [-0.4, -0.2) is 17.6 Å². The second-order valence-electron chi connectivity index (χ2n) is 4.98. The van der Waals surface area contributed by atoms with Crippen LogP contribution < -0.4 is 11.1 Å². The van der Waals surface area contributed by atoms with E-state index >= 15 is 0 Å². The first-order valence-electron chi connectivity index (χ1n) is 6.53. The van der Waals surface area contributed by atoms with Crippen molar-refractivity contribution in [3.8, 4) is 0 Å². The van der Waals surface area contributed by atoms with Crippen LogP contribution in [0, 0.1) is 5.92 Å². The van der Waals surface area contributed by atoms with Crippen molar-refractivity contribution >= 4 is 17.3 Å². The van der Waals surface area contributed by atoms with Gasteiger partial charge in [-0.25, -0.2) is 4.79 Å². The molecule has 1 fully saturated rings. The van der Waals surface area contributed by atoms with Crippen molar-refractivity contribution in [1.29, 1.82) is 0 Å². The van der Waals surface area contributed by atoms with Gasteiger partial charge in [0.15, 0.2) is 0 Å². The molecule has 18 heavy (non-hydrogen) atoms. The van der Waals surface area contributed by atoms with E-state index in [1.807, 2.05) is 0 Å². The van der Waals surface area contributed by atoms with Crippen molar-refractivity contribution in [1.82, 2.24) is 0 Å². The number of hydrogen-bond acceptors (Lipinski definition) is 3. The summed E-state index contributed by atoms with van der Waals surface area (Å²) in [5.74, 6) is -0.120. The molecule has 0 atom stereocenters. The number of hydrogen-bond donors (Lipinski definition) is 3. The number of anilines is 2. The summed E-state index contributed by atoms with van der Waals surface area (Å²) in [4.78, 5) is 11.1. The Bertz CT molecular complexity index is 426. The molecular weight excluding hydrogens is 228 g/mol. The maximum atomic E-state index is 11.1. The normalized spacial score (nSPS) is 15.8. The molecule has 0 saturated heterocycles. The summed E-state index contributed by atoms with van der Waals surface area (Å²) < 4.78 is 0. The topological polar surface area (TPSA) is 75.4 Å².